The monoisotopic (exact) mass is 233 g/mol. The standard InChI is InChI=1S/C14H19NO2/c1-11-8-13(5-4-12(11)9-16)15-6-7-17-14(2,3)10-15/h4-5,8-9H,6-7,10H2,1-3H3. The summed E-state index contributed by atoms with van der Waals surface area (Å²) in [5.74, 6) is 0. The molecule has 3 heteroatoms. The zero-order chi connectivity index (χ0) is 12.5. The van der Waals surface area contributed by atoms with Crippen molar-refractivity contribution in [2.24, 2.45) is 0 Å². The number of hydrogen-bond acceptors (Lipinski definition) is 3. The number of anilines is 1. The fourth-order valence-corrected chi connectivity index (χ4v) is 2.23. The van der Waals surface area contributed by atoms with Crippen LogP contribution in [0.5, 0.6) is 0 Å². The van der Waals surface area contributed by atoms with Crippen LogP contribution in [0.2, 0.25) is 0 Å². The van der Waals surface area contributed by atoms with Gasteiger partial charge in [0.1, 0.15) is 6.29 Å². The fourth-order valence-electron chi connectivity index (χ4n) is 2.23. The molecule has 1 aromatic rings. The van der Waals surface area contributed by atoms with Crippen molar-refractivity contribution in [3.8, 4) is 0 Å². The highest BCUT2D eigenvalue weighted by atomic mass is 16.5. The van der Waals surface area contributed by atoms with Crippen molar-refractivity contribution >= 4 is 12.0 Å². The van der Waals surface area contributed by atoms with Crippen molar-refractivity contribution < 1.29 is 9.53 Å². The summed E-state index contributed by atoms with van der Waals surface area (Å²) in [6.07, 6.45) is 0.905. The minimum atomic E-state index is -0.102. The minimum Gasteiger partial charge on any atom is -0.372 e. The Morgan fingerprint density at radius 2 is 2.18 bits per heavy atom. The van der Waals surface area contributed by atoms with Gasteiger partial charge in [0.15, 0.2) is 0 Å². The molecule has 0 N–H and O–H groups in total. The summed E-state index contributed by atoms with van der Waals surface area (Å²) >= 11 is 0. The van der Waals surface area contributed by atoms with E-state index in [1.165, 1.54) is 5.69 Å². The number of ether oxygens (including phenoxy) is 1. The molecule has 0 amide bonds. The second-order valence-corrected chi connectivity index (χ2v) is 5.19. The van der Waals surface area contributed by atoms with Gasteiger partial charge in [-0.15, -0.1) is 0 Å². The molecule has 0 bridgehead atoms. The van der Waals surface area contributed by atoms with E-state index < -0.39 is 0 Å². The van der Waals surface area contributed by atoms with E-state index in [0.717, 1.165) is 37.1 Å². The number of aryl methyl sites for hydroxylation is 1. The highest BCUT2D eigenvalue weighted by Crippen LogP contribution is 2.24. The summed E-state index contributed by atoms with van der Waals surface area (Å²) in [6, 6.07) is 5.98. The van der Waals surface area contributed by atoms with Gasteiger partial charge in [0.2, 0.25) is 0 Å². The molecule has 1 heterocycles. The first-order chi connectivity index (χ1) is 8.02. The molecule has 17 heavy (non-hydrogen) atoms. The van der Waals surface area contributed by atoms with Crippen LogP contribution in [0.25, 0.3) is 0 Å². The van der Waals surface area contributed by atoms with E-state index in [9.17, 15) is 4.79 Å². The van der Waals surface area contributed by atoms with Crippen molar-refractivity contribution in [2.75, 3.05) is 24.6 Å². The van der Waals surface area contributed by atoms with E-state index >= 15 is 0 Å². The summed E-state index contributed by atoms with van der Waals surface area (Å²) in [6.45, 7) is 8.72. The first-order valence-corrected chi connectivity index (χ1v) is 5.96. The van der Waals surface area contributed by atoms with Crippen LogP contribution in [0.3, 0.4) is 0 Å². The van der Waals surface area contributed by atoms with Crippen LogP contribution < -0.4 is 4.90 Å². The molecule has 1 aromatic carbocycles. The number of benzene rings is 1. The lowest BCUT2D eigenvalue weighted by molar-refractivity contribution is -0.0276. The fraction of sp³-hybridized carbons (Fsp3) is 0.500. The SMILES string of the molecule is Cc1cc(N2CCOC(C)(C)C2)ccc1C=O. The van der Waals surface area contributed by atoms with E-state index in [1.54, 1.807) is 0 Å². The first kappa shape index (κ1) is 12.1. The van der Waals surface area contributed by atoms with Crippen LogP contribution >= 0.6 is 0 Å². The van der Waals surface area contributed by atoms with E-state index in [2.05, 4.69) is 24.8 Å². The minimum absolute atomic E-state index is 0.102. The first-order valence-electron chi connectivity index (χ1n) is 5.96. The largest absolute Gasteiger partial charge is 0.372 e. The molecule has 2 rings (SSSR count). The lowest BCUT2D eigenvalue weighted by Gasteiger charge is -2.39. The van der Waals surface area contributed by atoms with Crippen molar-refractivity contribution in [1.82, 2.24) is 0 Å². The molecule has 0 radical (unpaired) electrons. The number of aldehydes is 1. The van der Waals surface area contributed by atoms with E-state index in [4.69, 9.17) is 4.74 Å². The van der Waals surface area contributed by atoms with Crippen LogP contribution in [0.1, 0.15) is 29.8 Å². The van der Waals surface area contributed by atoms with E-state index in [-0.39, 0.29) is 5.60 Å². The predicted octanol–water partition coefficient (Wildman–Crippen LogP) is 2.42. The van der Waals surface area contributed by atoms with Crippen LogP contribution in [0.15, 0.2) is 18.2 Å². The van der Waals surface area contributed by atoms with Gasteiger partial charge in [0, 0.05) is 24.3 Å². The quantitative estimate of drug-likeness (QED) is 0.735. The number of rotatable bonds is 2. The second-order valence-electron chi connectivity index (χ2n) is 5.19. The number of carbonyl (C=O) groups is 1. The zero-order valence-corrected chi connectivity index (χ0v) is 10.7. The molecule has 0 unspecified atom stereocenters. The summed E-state index contributed by atoms with van der Waals surface area (Å²) in [4.78, 5) is 13.1. The molecule has 1 saturated heterocycles. The molecule has 3 nitrogen and oxygen atoms in total. The predicted molar refractivity (Wildman–Crippen MR) is 68.8 cm³/mol. The third-order valence-electron chi connectivity index (χ3n) is 3.17. The number of hydrogen-bond donors (Lipinski definition) is 0. The maximum atomic E-state index is 10.8. The number of morpholine rings is 1. The van der Waals surface area contributed by atoms with Gasteiger partial charge in [-0.3, -0.25) is 4.79 Å². The van der Waals surface area contributed by atoms with E-state index in [0.29, 0.717) is 0 Å². The zero-order valence-electron chi connectivity index (χ0n) is 10.7. The van der Waals surface area contributed by atoms with Gasteiger partial charge in [-0.1, -0.05) is 0 Å². The Labute approximate surface area is 102 Å². The lowest BCUT2D eigenvalue weighted by atomic mass is 10.0. The van der Waals surface area contributed by atoms with Crippen LogP contribution in [-0.4, -0.2) is 31.6 Å². The molecule has 1 aliphatic rings. The summed E-state index contributed by atoms with van der Waals surface area (Å²) in [5, 5.41) is 0. The summed E-state index contributed by atoms with van der Waals surface area (Å²) in [5.41, 5.74) is 2.86. The van der Waals surface area contributed by atoms with Gasteiger partial charge >= 0.3 is 0 Å². The Hall–Kier alpha value is -1.35. The van der Waals surface area contributed by atoms with Crippen LogP contribution in [0, 0.1) is 6.92 Å². The molecule has 92 valence electrons. The average molecular weight is 233 g/mol. The third-order valence-corrected chi connectivity index (χ3v) is 3.17. The van der Waals surface area contributed by atoms with Crippen LogP contribution in [-0.2, 0) is 4.74 Å². The molecular formula is C14H19NO2. The van der Waals surface area contributed by atoms with Gasteiger partial charge in [0.25, 0.3) is 0 Å². The summed E-state index contributed by atoms with van der Waals surface area (Å²) < 4.78 is 5.69. The van der Waals surface area contributed by atoms with Crippen molar-refractivity contribution in [1.29, 1.82) is 0 Å². The molecule has 0 saturated carbocycles. The van der Waals surface area contributed by atoms with Gasteiger partial charge in [0.05, 0.1) is 12.2 Å². The Balaban J connectivity index is 2.22. The van der Waals surface area contributed by atoms with Gasteiger partial charge in [-0.2, -0.15) is 0 Å². The highest BCUT2D eigenvalue weighted by molar-refractivity contribution is 5.78. The van der Waals surface area contributed by atoms with Crippen molar-refractivity contribution in [3.05, 3.63) is 29.3 Å². The highest BCUT2D eigenvalue weighted by Gasteiger charge is 2.27. The van der Waals surface area contributed by atoms with Crippen molar-refractivity contribution in [3.63, 3.8) is 0 Å². The molecule has 0 aromatic heterocycles. The maximum absolute atomic E-state index is 10.8. The van der Waals surface area contributed by atoms with Crippen LogP contribution in [0.4, 0.5) is 5.69 Å². The number of carbonyl (C=O) groups excluding carboxylic acids is 1. The summed E-state index contributed by atoms with van der Waals surface area (Å²) in [7, 11) is 0. The van der Waals surface area contributed by atoms with Gasteiger partial charge in [-0.05, 0) is 44.5 Å². The van der Waals surface area contributed by atoms with Gasteiger partial charge < -0.3 is 9.64 Å². The van der Waals surface area contributed by atoms with Crippen molar-refractivity contribution in [2.45, 2.75) is 26.4 Å². The molecule has 0 aliphatic carbocycles. The molecule has 0 spiro atoms. The maximum Gasteiger partial charge on any atom is 0.150 e. The topological polar surface area (TPSA) is 29.5 Å². The molecule has 1 fully saturated rings. The van der Waals surface area contributed by atoms with E-state index in [1.807, 2.05) is 19.1 Å². The lowest BCUT2D eigenvalue weighted by Crippen LogP contribution is -2.48. The van der Waals surface area contributed by atoms with Gasteiger partial charge in [-0.25, -0.2) is 0 Å². The molecule has 0 atom stereocenters. The Morgan fingerprint density at radius 1 is 1.41 bits per heavy atom. The normalized spacial score (nSPS) is 19.1. The average Bonchev–Trinajstić information content (AvgIpc) is 2.27. The second kappa shape index (κ2) is 4.49. The smallest absolute Gasteiger partial charge is 0.150 e. The Morgan fingerprint density at radius 3 is 2.76 bits per heavy atom. The third kappa shape index (κ3) is 2.67. The number of nitrogens with zero attached hydrogens (tertiary/aromatic N) is 1. The Bertz CT molecular complexity index is 426. The molecular weight excluding hydrogens is 214 g/mol. The molecule has 1 aliphatic heterocycles. The Kier molecular flexibility index (Phi) is 3.20.